The lowest BCUT2D eigenvalue weighted by atomic mass is 9.88. The number of piperidine rings is 4. The predicted molar refractivity (Wildman–Crippen MR) is 545 cm³/mol. The van der Waals surface area contributed by atoms with Crippen molar-refractivity contribution < 1.29 is 96.6 Å². The van der Waals surface area contributed by atoms with Crippen LogP contribution in [0, 0.1) is 5.92 Å². The van der Waals surface area contributed by atoms with Crippen molar-refractivity contribution in [3.63, 3.8) is 0 Å². The maximum atomic E-state index is 12.3. The number of nitrogens with zero attached hydrogens (tertiary/aromatic N) is 8. The third-order valence-corrected chi connectivity index (χ3v) is 28.5. The molecule has 12 heterocycles. The number of pyridine rings is 4. The summed E-state index contributed by atoms with van der Waals surface area (Å²) in [7, 11) is 0. The molecule has 0 spiro atoms. The number of phenols is 4. The number of carbonyl (C=O) groups is 4. The van der Waals surface area contributed by atoms with Gasteiger partial charge in [-0.25, -0.2) is 39.1 Å². The van der Waals surface area contributed by atoms with Gasteiger partial charge in [-0.2, -0.15) is 0 Å². The Hall–Kier alpha value is -15.9. The minimum Gasteiger partial charge on any atom is -0.507 e. The number of aromatic hydroxyl groups is 4. The number of phenolic OH excluding ortho intramolecular Hbond substituents is 4. The van der Waals surface area contributed by atoms with Crippen molar-refractivity contribution in [1.29, 1.82) is 0 Å². The van der Waals surface area contributed by atoms with E-state index in [9.17, 15) is 60.0 Å². The number of hydrogen-bond donors (Lipinski definition) is 8. The number of aromatic nitrogens is 4. The molecule has 0 radical (unpaired) electrons. The van der Waals surface area contributed by atoms with Crippen molar-refractivity contribution in [1.82, 2.24) is 39.5 Å². The Morgan fingerprint density at radius 3 is 0.910 bits per heavy atom. The first-order valence-corrected chi connectivity index (χ1v) is 49.5. The lowest BCUT2D eigenvalue weighted by molar-refractivity contribution is 0.0686. The number of para-hydroxylation sites is 1. The molecular formula is C116H108N8O20. The van der Waals surface area contributed by atoms with Gasteiger partial charge < -0.3 is 77.5 Å². The molecular weight excluding hydrogens is 1830 g/mol. The molecule has 0 amide bonds. The van der Waals surface area contributed by atoms with Crippen molar-refractivity contribution in [3.05, 3.63) is 328 Å². The molecule has 2 saturated carbocycles. The molecule has 18 aromatic rings. The largest absolute Gasteiger partial charge is 0.507 e. The highest BCUT2D eigenvalue weighted by molar-refractivity contribution is 6.19. The summed E-state index contributed by atoms with van der Waals surface area (Å²) in [4.78, 5) is 75.9. The number of ether oxygens (including phenoxy) is 4. The van der Waals surface area contributed by atoms with Gasteiger partial charge in [-0.1, -0.05) is 171 Å². The fourth-order valence-electron chi connectivity index (χ4n) is 21.4. The van der Waals surface area contributed by atoms with Crippen LogP contribution in [0.25, 0.3) is 87.0 Å². The first kappa shape index (κ1) is 94.4. The maximum Gasteiger partial charge on any atom is 0.339 e. The minimum atomic E-state index is -1.10. The maximum absolute atomic E-state index is 12.3. The summed E-state index contributed by atoms with van der Waals surface area (Å²) in [6.07, 6.45) is 29.4. The second kappa shape index (κ2) is 41.7. The normalized spacial score (nSPS) is 16.3. The van der Waals surface area contributed by atoms with Gasteiger partial charge in [0.2, 0.25) is 23.5 Å². The zero-order valence-corrected chi connectivity index (χ0v) is 79.2. The number of rotatable bonds is 26. The van der Waals surface area contributed by atoms with Crippen molar-refractivity contribution in [3.8, 4) is 52.3 Å². The summed E-state index contributed by atoms with van der Waals surface area (Å²) in [5.41, 5.74) is 8.81. The monoisotopic (exact) mass is 1930 g/mol. The Morgan fingerprint density at radius 2 is 0.597 bits per heavy atom. The van der Waals surface area contributed by atoms with Crippen LogP contribution in [0.1, 0.15) is 218 Å². The Morgan fingerprint density at radius 1 is 0.319 bits per heavy atom. The summed E-state index contributed by atoms with van der Waals surface area (Å²) in [5, 5.41) is 93.9. The molecule has 6 fully saturated rings. The first-order valence-electron chi connectivity index (χ1n) is 49.5. The fraction of sp³-hybridized carbons (Fsp3) is 0.276. The summed E-state index contributed by atoms with van der Waals surface area (Å²) in [6, 6.07) is 62.6. The molecule has 28 nitrogen and oxygen atoms in total. The van der Waals surface area contributed by atoms with Gasteiger partial charge in [0, 0.05) is 136 Å². The summed E-state index contributed by atoms with van der Waals surface area (Å²) in [5.74, 6) is -0.790. The van der Waals surface area contributed by atoms with Crippen LogP contribution in [0.4, 0.5) is 0 Å². The molecule has 8 N–H and O–H groups in total. The number of likely N-dealkylation sites (tertiary alicyclic amines) is 4. The van der Waals surface area contributed by atoms with Gasteiger partial charge in [0.05, 0.1) is 30.8 Å². The summed E-state index contributed by atoms with van der Waals surface area (Å²) < 4.78 is 47.4. The van der Waals surface area contributed by atoms with Crippen molar-refractivity contribution in [2.45, 2.75) is 140 Å². The van der Waals surface area contributed by atoms with E-state index in [1.54, 1.807) is 24.8 Å². The molecule has 2 aliphatic carbocycles. The van der Waals surface area contributed by atoms with E-state index in [-0.39, 0.29) is 63.4 Å². The topological polar surface area (TPSA) is 384 Å². The quantitative estimate of drug-likeness (QED) is 0.0250. The van der Waals surface area contributed by atoms with Gasteiger partial charge in [-0.15, -0.1) is 0 Å². The molecule has 0 bridgehead atoms. The van der Waals surface area contributed by atoms with E-state index in [2.05, 4.69) is 39.5 Å². The van der Waals surface area contributed by atoms with Crippen LogP contribution in [0.2, 0.25) is 0 Å². The van der Waals surface area contributed by atoms with Gasteiger partial charge >= 0.3 is 23.9 Å². The Labute approximate surface area is 827 Å². The number of carboxylic acids is 4. The number of aromatic carboxylic acids is 4. The van der Waals surface area contributed by atoms with Crippen LogP contribution in [0.15, 0.2) is 274 Å². The molecule has 4 atom stereocenters. The van der Waals surface area contributed by atoms with Crippen molar-refractivity contribution in [2.24, 2.45) is 5.92 Å². The molecule has 24 rings (SSSR count). The summed E-state index contributed by atoms with van der Waals surface area (Å²) >= 11 is 0. The van der Waals surface area contributed by atoms with Crippen molar-refractivity contribution >= 4 is 111 Å². The molecule has 4 saturated heterocycles. The average molecular weight is 1930 g/mol. The van der Waals surface area contributed by atoms with Crippen LogP contribution < -0.4 is 18.9 Å². The number of benzene rings is 10. The van der Waals surface area contributed by atoms with Crippen LogP contribution >= 0.6 is 0 Å². The standard InChI is InChI=1S/C31H28N2O5.C30H26N2O5.C28H28N2O5.C27H26N2O5/c34-29-22-11-5-6-12-23(22)30-26(24(19-38-30)31(35)36)27(29)28(33-15-7-2-8-16-33)21-13-14-32-25(17-21)37-18-20-9-3-1-4-10-20;33-28-21-11-5-6-12-22(21)29-25(23(18-36-29)30(34)35)26(28)27(32-15-7-2-8-16-32)19-13-14-31-24(17-19)37-20-9-3-1-4-10-20;31-26-19-6-2-3-7-20(19)27-23(21(16-35-27)28(32)33)24(26)25(30-12-4-1-5-13-30)18-10-11-29-22(14-18)34-15-17-8-9-17;30-25-18-6-2-3-7-19(18)26-22(20(15-33-26)27(31)32)23(25)24(29-12-4-1-5-13-29)16-10-11-28-21(14-16)34-17-8-9-17/h1,3-6,9-14,17,19,28,34H,2,7-8,15-16,18H2,(H,35,36);1,3-6,9-14,17-18,27,33H,2,7-8,15-16H2,(H,34,35);2-3,6-7,10-11,14,16-17,25,31H,1,4-5,8-9,12-13,15H2,(H,32,33);2-3,6-7,10-11,14-15,17,24,30H,1,4-5,8-9,12-13H2,(H,31,32). The highest BCUT2D eigenvalue weighted by Crippen LogP contribution is 2.54. The molecule has 4 aliphatic heterocycles. The Bertz CT molecular complexity index is 7800. The van der Waals surface area contributed by atoms with Crippen LogP contribution in [0.3, 0.4) is 0 Å². The molecule has 732 valence electrons. The number of hydrogen-bond acceptors (Lipinski definition) is 24. The van der Waals surface area contributed by atoms with E-state index in [4.69, 9.17) is 36.6 Å². The molecule has 10 aromatic carbocycles. The van der Waals surface area contributed by atoms with Crippen LogP contribution in [-0.4, -0.2) is 169 Å². The third-order valence-electron chi connectivity index (χ3n) is 28.5. The SMILES string of the molecule is O=C(O)c1coc2c1c(C(c1ccnc(OC3CC3)c1)N1CCCCC1)c(O)c1ccccc12.O=C(O)c1coc2c1c(C(c1ccnc(OCC3CC3)c1)N1CCCCC1)c(O)c1ccccc12.O=C(O)c1coc2c1c(C(c1ccnc(OCc3ccccc3)c1)N1CCCCC1)c(O)c1ccccc12.O=C(O)c1coc2c1c(C(c1ccnc(Oc3ccccc3)c1)N1CCCCC1)c(O)c1ccccc12. The zero-order chi connectivity index (χ0) is 98.6. The Kier molecular flexibility index (Phi) is 27.3. The van der Waals surface area contributed by atoms with Crippen molar-refractivity contribution in [2.75, 3.05) is 59.0 Å². The molecule has 28 heteroatoms. The van der Waals surface area contributed by atoms with Gasteiger partial charge in [0.25, 0.3) is 0 Å². The number of furan rings is 4. The predicted octanol–water partition coefficient (Wildman–Crippen LogP) is 24.5. The zero-order valence-electron chi connectivity index (χ0n) is 79.2. The minimum absolute atomic E-state index is 0.0304. The Balaban J connectivity index is 0.000000113. The first-order chi connectivity index (χ1) is 70.5. The smallest absolute Gasteiger partial charge is 0.339 e. The summed E-state index contributed by atoms with van der Waals surface area (Å²) in [6.45, 7) is 7.69. The number of carboxylic acid groups (broad SMARTS) is 4. The van der Waals surface area contributed by atoms with Gasteiger partial charge in [0.1, 0.15) is 111 Å². The second-order valence-electron chi connectivity index (χ2n) is 37.8. The van der Waals surface area contributed by atoms with E-state index in [1.807, 2.05) is 206 Å². The number of fused-ring (bicyclic) bond motifs is 12. The molecule has 144 heavy (non-hydrogen) atoms. The highest BCUT2D eigenvalue weighted by atomic mass is 16.5. The lowest BCUT2D eigenvalue weighted by Crippen LogP contribution is -2.34. The van der Waals surface area contributed by atoms with E-state index in [0.717, 1.165) is 170 Å². The highest BCUT2D eigenvalue weighted by Gasteiger charge is 2.40. The van der Waals surface area contributed by atoms with Gasteiger partial charge in [-0.3, -0.25) is 19.6 Å². The lowest BCUT2D eigenvalue weighted by Gasteiger charge is -2.36. The van der Waals surface area contributed by atoms with E-state index in [1.165, 1.54) is 37.9 Å². The van der Waals surface area contributed by atoms with Gasteiger partial charge in [-0.05, 0) is 200 Å². The van der Waals surface area contributed by atoms with E-state index in [0.29, 0.717) is 158 Å². The van der Waals surface area contributed by atoms with Crippen LogP contribution in [-0.2, 0) is 6.61 Å². The van der Waals surface area contributed by atoms with E-state index >= 15 is 0 Å². The van der Waals surface area contributed by atoms with E-state index < -0.39 is 36.0 Å². The second-order valence-corrected chi connectivity index (χ2v) is 37.8. The third kappa shape index (κ3) is 19.3. The van der Waals surface area contributed by atoms with Gasteiger partial charge in [0.15, 0.2) is 0 Å². The fourth-order valence-corrected chi connectivity index (χ4v) is 21.4. The molecule has 4 unspecified atom stereocenters. The molecule has 8 aromatic heterocycles. The molecule has 6 aliphatic rings. The average Bonchev–Trinajstić information content (AvgIpc) is 1.55. The van der Waals surface area contributed by atoms with Crippen LogP contribution in [0.5, 0.6) is 52.3 Å².